The zero-order valence-corrected chi connectivity index (χ0v) is 14.2. The number of nitrogens with zero attached hydrogens (tertiary/aromatic N) is 4. The molecule has 0 spiro atoms. The number of rotatable bonds is 6. The third-order valence-corrected chi connectivity index (χ3v) is 4.42. The van der Waals surface area contributed by atoms with Crippen LogP contribution >= 0.6 is 0 Å². The molecule has 128 valence electrons. The average Bonchev–Trinajstić information content (AvgIpc) is 3.06. The molecule has 0 bridgehead atoms. The standard InChI is InChI=1S/C18H25N5O/c1-2-10-22-11-8-16(9-12-22)19-18(24)17-14-23(21-20-17)13-15-6-4-3-5-7-15/h3-7,14,16H,2,8-13H2,1H3,(H,19,24). The Kier molecular flexibility index (Phi) is 5.59. The minimum atomic E-state index is -0.122. The lowest BCUT2D eigenvalue weighted by atomic mass is 10.0. The van der Waals surface area contributed by atoms with E-state index >= 15 is 0 Å². The molecule has 2 heterocycles. The summed E-state index contributed by atoms with van der Waals surface area (Å²) in [5, 5.41) is 11.2. The molecule has 1 aromatic carbocycles. The molecule has 24 heavy (non-hydrogen) atoms. The number of amides is 1. The molecule has 0 saturated carbocycles. The third-order valence-electron chi connectivity index (χ3n) is 4.42. The Balaban J connectivity index is 1.51. The van der Waals surface area contributed by atoms with Gasteiger partial charge in [0, 0.05) is 19.1 Å². The van der Waals surface area contributed by atoms with Gasteiger partial charge in [-0.15, -0.1) is 5.10 Å². The average molecular weight is 327 g/mol. The lowest BCUT2D eigenvalue weighted by Crippen LogP contribution is -2.44. The maximum atomic E-state index is 12.3. The maximum Gasteiger partial charge on any atom is 0.273 e. The van der Waals surface area contributed by atoms with Crippen molar-refractivity contribution in [2.45, 2.75) is 38.8 Å². The smallest absolute Gasteiger partial charge is 0.273 e. The Morgan fingerprint density at radius 2 is 2.00 bits per heavy atom. The minimum Gasteiger partial charge on any atom is -0.348 e. The monoisotopic (exact) mass is 327 g/mol. The van der Waals surface area contributed by atoms with Crippen molar-refractivity contribution in [2.75, 3.05) is 19.6 Å². The fourth-order valence-corrected chi connectivity index (χ4v) is 3.13. The van der Waals surface area contributed by atoms with E-state index in [-0.39, 0.29) is 11.9 Å². The van der Waals surface area contributed by atoms with Crippen LogP contribution in [0.15, 0.2) is 36.5 Å². The minimum absolute atomic E-state index is 0.122. The molecule has 0 aliphatic carbocycles. The zero-order chi connectivity index (χ0) is 16.8. The quantitative estimate of drug-likeness (QED) is 0.880. The van der Waals surface area contributed by atoms with Gasteiger partial charge in [-0.25, -0.2) is 4.68 Å². The van der Waals surface area contributed by atoms with Crippen LogP contribution in [0.3, 0.4) is 0 Å². The number of aromatic nitrogens is 3. The fourth-order valence-electron chi connectivity index (χ4n) is 3.13. The normalized spacial score (nSPS) is 16.2. The second-order valence-corrected chi connectivity index (χ2v) is 6.38. The van der Waals surface area contributed by atoms with Gasteiger partial charge in [0.25, 0.3) is 5.91 Å². The first kappa shape index (κ1) is 16.6. The van der Waals surface area contributed by atoms with E-state index in [1.54, 1.807) is 10.9 Å². The summed E-state index contributed by atoms with van der Waals surface area (Å²) in [5.74, 6) is -0.122. The molecule has 1 aromatic heterocycles. The molecule has 2 aromatic rings. The maximum absolute atomic E-state index is 12.3. The van der Waals surface area contributed by atoms with Crippen molar-refractivity contribution < 1.29 is 4.79 Å². The zero-order valence-electron chi connectivity index (χ0n) is 14.2. The van der Waals surface area contributed by atoms with E-state index < -0.39 is 0 Å². The first-order valence-electron chi connectivity index (χ1n) is 8.72. The second-order valence-electron chi connectivity index (χ2n) is 6.38. The highest BCUT2D eigenvalue weighted by Gasteiger charge is 2.21. The van der Waals surface area contributed by atoms with Crippen molar-refractivity contribution in [1.82, 2.24) is 25.2 Å². The van der Waals surface area contributed by atoms with Gasteiger partial charge >= 0.3 is 0 Å². The summed E-state index contributed by atoms with van der Waals surface area (Å²) in [6.45, 7) is 6.08. The molecule has 1 N–H and O–H groups in total. The van der Waals surface area contributed by atoms with Crippen LogP contribution in [-0.4, -0.2) is 51.5 Å². The van der Waals surface area contributed by atoms with Crippen LogP contribution in [0.2, 0.25) is 0 Å². The van der Waals surface area contributed by atoms with E-state index in [9.17, 15) is 4.79 Å². The highest BCUT2D eigenvalue weighted by atomic mass is 16.2. The summed E-state index contributed by atoms with van der Waals surface area (Å²) in [7, 11) is 0. The number of nitrogens with one attached hydrogen (secondary N) is 1. The Labute approximate surface area is 142 Å². The summed E-state index contributed by atoms with van der Waals surface area (Å²) in [6.07, 6.45) is 4.91. The number of carbonyl (C=O) groups is 1. The van der Waals surface area contributed by atoms with Crippen LogP contribution in [0.1, 0.15) is 42.2 Å². The van der Waals surface area contributed by atoms with Gasteiger partial charge < -0.3 is 10.2 Å². The number of likely N-dealkylation sites (tertiary alicyclic amines) is 1. The molecule has 1 fully saturated rings. The Morgan fingerprint density at radius 3 is 2.71 bits per heavy atom. The first-order valence-corrected chi connectivity index (χ1v) is 8.72. The molecule has 3 rings (SSSR count). The molecule has 1 aliphatic rings. The van der Waals surface area contributed by atoms with E-state index in [2.05, 4.69) is 27.5 Å². The Morgan fingerprint density at radius 1 is 1.25 bits per heavy atom. The summed E-state index contributed by atoms with van der Waals surface area (Å²) in [6, 6.07) is 10.3. The molecule has 0 atom stereocenters. The summed E-state index contributed by atoms with van der Waals surface area (Å²) >= 11 is 0. The molecule has 6 nitrogen and oxygen atoms in total. The number of piperidine rings is 1. The van der Waals surface area contributed by atoms with Gasteiger partial charge in [-0.1, -0.05) is 42.5 Å². The highest BCUT2D eigenvalue weighted by Crippen LogP contribution is 2.11. The van der Waals surface area contributed by atoms with Gasteiger partial charge in [-0.05, 0) is 31.4 Å². The largest absolute Gasteiger partial charge is 0.348 e. The van der Waals surface area contributed by atoms with E-state index in [0.29, 0.717) is 12.2 Å². The molecule has 1 saturated heterocycles. The van der Waals surface area contributed by atoms with E-state index in [0.717, 1.165) is 38.0 Å². The summed E-state index contributed by atoms with van der Waals surface area (Å²) in [4.78, 5) is 14.8. The van der Waals surface area contributed by atoms with E-state index in [1.807, 2.05) is 30.3 Å². The van der Waals surface area contributed by atoms with Crippen molar-refractivity contribution in [1.29, 1.82) is 0 Å². The van der Waals surface area contributed by atoms with Crippen LogP contribution in [0.25, 0.3) is 0 Å². The number of carbonyl (C=O) groups excluding carboxylic acids is 1. The van der Waals surface area contributed by atoms with Crippen molar-refractivity contribution in [3.05, 3.63) is 47.8 Å². The number of benzene rings is 1. The van der Waals surface area contributed by atoms with Crippen LogP contribution in [0.5, 0.6) is 0 Å². The lowest BCUT2D eigenvalue weighted by molar-refractivity contribution is 0.0906. The second kappa shape index (κ2) is 8.06. The van der Waals surface area contributed by atoms with Crippen molar-refractivity contribution >= 4 is 5.91 Å². The predicted molar refractivity (Wildman–Crippen MR) is 92.8 cm³/mol. The third kappa shape index (κ3) is 4.41. The topological polar surface area (TPSA) is 63.1 Å². The molecular formula is C18H25N5O. The lowest BCUT2D eigenvalue weighted by Gasteiger charge is -2.31. The van der Waals surface area contributed by atoms with Gasteiger partial charge in [0.1, 0.15) is 0 Å². The van der Waals surface area contributed by atoms with Crippen molar-refractivity contribution in [2.24, 2.45) is 0 Å². The van der Waals surface area contributed by atoms with Crippen LogP contribution < -0.4 is 5.32 Å². The van der Waals surface area contributed by atoms with Crippen LogP contribution in [0, 0.1) is 0 Å². The molecule has 1 aliphatic heterocycles. The molecule has 6 heteroatoms. The Hall–Kier alpha value is -2.21. The molecule has 0 unspecified atom stereocenters. The predicted octanol–water partition coefficient (Wildman–Crippen LogP) is 1.93. The molecule has 1 amide bonds. The van der Waals surface area contributed by atoms with Gasteiger partial charge in [0.2, 0.25) is 0 Å². The number of hydrogen-bond acceptors (Lipinski definition) is 4. The molecular weight excluding hydrogens is 302 g/mol. The fraction of sp³-hybridized carbons (Fsp3) is 0.500. The number of hydrogen-bond donors (Lipinski definition) is 1. The van der Waals surface area contributed by atoms with Crippen LogP contribution in [0.4, 0.5) is 0 Å². The van der Waals surface area contributed by atoms with Crippen molar-refractivity contribution in [3.63, 3.8) is 0 Å². The van der Waals surface area contributed by atoms with Crippen molar-refractivity contribution in [3.8, 4) is 0 Å². The summed E-state index contributed by atoms with van der Waals surface area (Å²) < 4.78 is 1.70. The Bertz CT molecular complexity index is 646. The van der Waals surface area contributed by atoms with E-state index in [1.165, 1.54) is 6.42 Å². The summed E-state index contributed by atoms with van der Waals surface area (Å²) in [5.41, 5.74) is 1.53. The van der Waals surface area contributed by atoms with Gasteiger partial charge in [-0.3, -0.25) is 4.79 Å². The van der Waals surface area contributed by atoms with E-state index in [4.69, 9.17) is 0 Å². The highest BCUT2D eigenvalue weighted by molar-refractivity contribution is 5.92. The molecule has 0 radical (unpaired) electrons. The van der Waals surface area contributed by atoms with Gasteiger partial charge in [0.05, 0.1) is 12.7 Å². The SMILES string of the molecule is CCCN1CCC(NC(=O)c2cn(Cc3ccccc3)nn2)CC1. The first-order chi connectivity index (χ1) is 11.7. The van der Waals surface area contributed by atoms with Gasteiger partial charge in [0.15, 0.2) is 5.69 Å². The van der Waals surface area contributed by atoms with Crippen LogP contribution in [-0.2, 0) is 6.54 Å². The van der Waals surface area contributed by atoms with Gasteiger partial charge in [-0.2, -0.15) is 0 Å².